The minimum Gasteiger partial charge on any atom is -0.399 e. The van der Waals surface area contributed by atoms with Gasteiger partial charge in [0.2, 0.25) is 0 Å². The number of aryl methyl sites for hydroxylation is 2. The van der Waals surface area contributed by atoms with Gasteiger partial charge in [-0.2, -0.15) is 0 Å². The highest BCUT2D eigenvalue weighted by Gasteiger charge is 2.47. The van der Waals surface area contributed by atoms with Gasteiger partial charge in [-0.25, -0.2) is 27.5 Å². The number of Topliss-reactive ketones (excluding diaryl/α,β-unsaturated/α-hetero) is 2. The highest BCUT2D eigenvalue weighted by atomic mass is 35.5. The number of nitrogens with one attached hydrogen (secondary N) is 1. The zero-order chi connectivity index (χ0) is 78.8. The third-order valence-corrected chi connectivity index (χ3v) is 23.9. The number of nitrogen functional groups attached to an aromatic ring is 1. The number of pyridine rings is 2. The van der Waals surface area contributed by atoms with Crippen LogP contribution in [0.5, 0.6) is 0 Å². The van der Waals surface area contributed by atoms with Gasteiger partial charge in [0.25, 0.3) is 23.0 Å². The molecule has 528 valence electrons. The lowest BCUT2D eigenvalue weighted by Gasteiger charge is -2.53. The number of hydrogen-bond donors (Lipinski definition) is 2. The summed E-state index contributed by atoms with van der Waals surface area (Å²) in [6, 6.07) is 12.9. The number of carbonyl (C=O) groups excluding carboxylic acids is 6. The van der Waals surface area contributed by atoms with Crippen LogP contribution in [0.15, 0.2) is 144 Å². The number of halogens is 5. The zero-order valence-corrected chi connectivity index (χ0v) is 59.5. The number of fused-ring (bicyclic) bond motifs is 6. The Balaban J connectivity index is 0.000000156. The fourth-order valence-electron chi connectivity index (χ4n) is 13.7. The standard InChI is InChI=1S/C39H34F2N4O4S2.C25H18F2N2O2S2.C14H17ClN2O2/c1-23-17-28(36(42-20-23)44-21-39(22-44)11-14-49-15-12-39)37(47)43-26-7-5-24(6-8-26)38(48)45-13-9-25-18-33(51-34(25)35-31(45)10-16-50-35)32(46)19-27-29(40)3-2-4-30(27)41;26-18-2-1-3-19(27)17(18)13-21(30)22-12-15-8-10-29(20-9-11-32-24(20)23(15)33-22)25(31)14-4-6-16(28)7-5-14;1-10-6-11(12(15)18)13(16-7-10)17-8-14(9-17)2-4-19-5-3-14/h2-8,10,16-18,20H,9,11-15,19,21-22H2,1H3,(H,43,47);1-7,9,11-12H,8,10,13,28H2;6-7H,2-5,8-9H2,1H3/i5D,6D,7D,8D;4D,5D,6D,7D;. The van der Waals surface area contributed by atoms with Crippen LogP contribution < -0.4 is 30.7 Å². The first kappa shape index (κ1) is 61.2. The Morgan fingerprint density at radius 2 is 0.981 bits per heavy atom. The van der Waals surface area contributed by atoms with E-state index in [9.17, 15) is 46.3 Å². The van der Waals surface area contributed by atoms with Crippen molar-refractivity contribution in [2.75, 3.05) is 96.3 Å². The smallest absolute Gasteiger partial charge is 0.259 e. The summed E-state index contributed by atoms with van der Waals surface area (Å²) in [6.45, 7) is 10.4. The van der Waals surface area contributed by atoms with Crippen LogP contribution in [0, 0.1) is 47.9 Å². The maximum atomic E-state index is 14.3. The highest BCUT2D eigenvalue weighted by molar-refractivity contribution is 7.23. The molecule has 6 aliphatic heterocycles. The second kappa shape index (κ2) is 29.8. The summed E-state index contributed by atoms with van der Waals surface area (Å²) in [5.74, 6) is -4.89. The molecule has 103 heavy (non-hydrogen) atoms. The number of anilines is 6. The fraction of sp³-hybridized carbons (Fsp3) is 0.282. The lowest BCUT2D eigenvalue weighted by Crippen LogP contribution is -2.59. The first-order valence-electron chi connectivity index (χ1n) is 37.1. The lowest BCUT2D eigenvalue weighted by molar-refractivity contribution is -0.000649. The van der Waals surface area contributed by atoms with E-state index >= 15 is 0 Å². The van der Waals surface area contributed by atoms with Crippen molar-refractivity contribution < 1.29 is 66.8 Å². The van der Waals surface area contributed by atoms with Crippen molar-refractivity contribution in [3.63, 3.8) is 0 Å². The average Bonchev–Trinajstić information content (AvgIpc) is 1.69. The molecule has 3 N–H and O–H groups in total. The van der Waals surface area contributed by atoms with Crippen LogP contribution in [0.4, 0.5) is 51.9 Å². The number of nitrogens with zero attached hydrogens (tertiary/aromatic N) is 6. The summed E-state index contributed by atoms with van der Waals surface area (Å²) in [6.07, 6.45) is 7.27. The largest absolute Gasteiger partial charge is 0.399 e. The van der Waals surface area contributed by atoms with Gasteiger partial charge in [-0.3, -0.25) is 28.8 Å². The number of benzene rings is 4. The molecule has 10 aromatic rings. The predicted octanol–water partition coefficient (Wildman–Crippen LogP) is 16.3. The van der Waals surface area contributed by atoms with Crippen LogP contribution in [-0.4, -0.2) is 110 Å². The molecule has 16 nitrogen and oxygen atoms in total. The number of rotatable bonds is 13. The van der Waals surface area contributed by atoms with Crippen molar-refractivity contribution in [1.82, 2.24) is 9.97 Å². The lowest BCUT2D eigenvalue weighted by atomic mass is 9.73. The minimum absolute atomic E-state index is 0.0911. The molecule has 0 radical (unpaired) electrons. The molecule has 4 saturated heterocycles. The summed E-state index contributed by atoms with van der Waals surface area (Å²) in [7, 11) is 0. The summed E-state index contributed by atoms with van der Waals surface area (Å²) in [4.78, 5) is 98.7. The molecule has 0 bridgehead atoms. The van der Waals surface area contributed by atoms with E-state index < -0.39 is 125 Å². The Morgan fingerprint density at radius 3 is 1.41 bits per heavy atom. The summed E-state index contributed by atoms with van der Waals surface area (Å²) >= 11 is 10.7. The SMILES string of the molecule is Cc1cnc(N2CC3(CCOCC3)C2)c(C(=O)Cl)c1.[2H]c1c([2H])c(C(=O)N2CCc3cc(C(=O)Cc4c(F)cccc4F)sc3-c3sccc32)c([2H])c([2H])c1N.[2H]c1c([2H])c(C(=O)N2CCc3cc(C(=O)Cc4c(F)cccc4F)sc3-c3sccc32)c([2H])c([2H])c1NC(=O)c1cc(C)cnc1N1CC2(CCOCC2)C1. The van der Waals surface area contributed by atoms with Crippen LogP contribution >= 0.6 is 56.9 Å². The van der Waals surface area contributed by atoms with Crippen molar-refractivity contribution in [3.8, 4) is 19.5 Å². The monoisotopic (exact) mass is 1490 g/mol. The van der Waals surface area contributed by atoms with Gasteiger partial charge in [0.05, 0.1) is 62.7 Å². The molecule has 0 atom stereocenters. The van der Waals surface area contributed by atoms with E-state index in [0.717, 1.165) is 127 Å². The first-order valence-corrected chi connectivity index (χ1v) is 36.9. The van der Waals surface area contributed by atoms with Gasteiger partial charge < -0.3 is 40.1 Å². The number of nitrogens with two attached hydrogens (primary N) is 1. The van der Waals surface area contributed by atoms with E-state index in [1.807, 2.05) is 17.9 Å². The average molecular weight is 1490 g/mol. The highest BCUT2D eigenvalue weighted by Crippen LogP contribution is 2.49. The number of hydrogen-bond acceptors (Lipinski definition) is 17. The van der Waals surface area contributed by atoms with Crippen LogP contribution in [0.3, 0.4) is 0 Å². The number of aromatic nitrogens is 2. The van der Waals surface area contributed by atoms with Crippen molar-refractivity contribution in [2.45, 2.75) is 65.2 Å². The van der Waals surface area contributed by atoms with Crippen LogP contribution in [-0.2, 0) is 35.2 Å². The van der Waals surface area contributed by atoms with E-state index in [0.29, 0.717) is 67.3 Å². The molecule has 4 aromatic carbocycles. The Morgan fingerprint density at radius 1 is 0.573 bits per heavy atom. The van der Waals surface area contributed by atoms with Gasteiger partial charge in [-0.1, -0.05) is 12.1 Å². The van der Waals surface area contributed by atoms with E-state index in [2.05, 4.69) is 20.2 Å². The van der Waals surface area contributed by atoms with Crippen molar-refractivity contribution >= 4 is 126 Å². The molecule has 16 rings (SSSR count). The molecular formula is C78H69ClF4N8O8S4. The summed E-state index contributed by atoms with van der Waals surface area (Å²) < 4.78 is 135. The molecular weight excluding hydrogens is 1420 g/mol. The van der Waals surface area contributed by atoms with Gasteiger partial charge in [-0.05, 0) is 206 Å². The minimum atomic E-state index is -0.797. The number of ether oxygens (including phenoxy) is 2. The van der Waals surface area contributed by atoms with Gasteiger partial charge in [0, 0.05) is 135 Å². The Bertz CT molecular complexity index is 5370. The van der Waals surface area contributed by atoms with Crippen LogP contribution in [0.2, 0.25) is 0 Å². The molecule has 6 aromatic heterocycles. The fourth-order valence-corrected chi connectivity index (χ4v) is 18.3. The molecule has 0 saturated carbocycles. The maximum Gasteiger partial charge on any atom is 0.259 e. The number of ketones is 2. The van der Waals surface area contributed by atoms with Crippen LogP contribution in [0.25, 0.3) is 19.5 Å². The maximum absolute atomic E-state index is 14.3. The number of thiophene rings is 4. The molecule has 3 amide bonds. The Kier molecular flexibility index (Phi) is 17.7. The van der Waals surface area contributed by atoms with Gasteiger partial charge >= 0.3 is 0 Å². The van der Waals surface area contributed by atoms with Crippen molar-refractivity contribution in [2.24, 2.45) is 10.8 Å². The van der Waals surface area contributed by atoms with Gasteiger partial charge in [0.1, 0.15) is 34.9 Å². The molecule has 12 heterocycles. The van der Waals surface area contributed by atoms with Crippen molar-refractivity contribution in [1.29, 1.82) is 0 Å². The molecule has 0 aliphatic carbocycles. The van der Waals surface area contributed by atoms with Crippen LogP contribution in [0.1, 0.15) is 131 Å². The van der Waals surface area contributed by atoms with Gasteiger partial charge in [-0.15, -0.1) is 45.3 Å². The summed E-state index contributed by atoms with van der Waals surface area (Å²) in [5, 5.41) is 5.70. The number of carbonyl (C=O) groups is 6. The van der Waals surface area contributed by atoms with E-state index in [1.54, 1.807) is 60.4 Å². The topological polar surface area (TPSA) is 198 Å². The Labute approximate surface area is 623 Å². The molecule has 4 fully saturated rings. The third-order valence-electron chi connectivity index (χ3n) is 19.2. The molecule has 2 spiro atoms. The first-order chi connectivity index (χ1) is 53.0. The molecule has 6 aliphatic rings. The summed E-state index contributed by atoms with van der Waals surface area (Å²) in [5.41, 5.74) is 9.03. The van der Waals surface area contributed by atoms with Crippen molar-refractivity contribution in [3.05, 3.63) is 233 Å². The quantitative estimate of drug-likeness (QED) is 0.0479. The van der Waals surface area contributed by atoms with E-state index in [4.69, 9.17) is 37.8 Å². The molecule has 0 unspecified atom stereocenters. The normalized spacial score (nSPS) is 17.1. The molecule has 25 heteroatoms. The third kappa shape index (κ3) is 14.8. The van der Waals surface area contributed by atoms with E-state index in [1.165, 1.54) is 67.3 Å². The second-order valence-electron chi connectivity index (χ2n) is 26.2. The van der Waals surface area contributed by atoms with Gasteiger partial charge in [0.15, 0.2) is 11.6 Å². The predicted molar refractivity (Wildman–Crippen MR) is 398 cm³/mol. The Hall–Kier alpha value is -9.27. The van der Waals surface area contributed by atoms with E-state index in [-0.39, 0.29) is 58.6 Å². The number of amides is 3. The zero-order valence-electron chi connectivity index (χ0n) is 63.5. The second-order valence-corrected chi connectivity index (χ2v) is 30.5.